The average molecular weight is 410 g/mol. The molecule has 3 aromatic carbocycles. The second-order valence-electron chi connectivity index (χ2n) is 8.07. The first-order chi connectivity index (χ1) is 14.4. The minimum Gasteiger partial charge on any atom is -0.392 e. The lowest BCUT2D eigenvalue weighted by Gasteiger charge is -2.35. The molecule has 154 valence electrons. The number of hydrogen-bond acceptors (Lipinski definition) is 2. The number of ether oxygens (including phenoxy) is 1. The Labute approximate surface area is 172 Å². The molecule has 3 atom stereocenters. The Kier molecular flexibility index (Phi) is 4.68. The topological polar surface area (TPSA) is 29.5 Å². The zero-order valence-corrected chi connectivity index (χ0v) is 16.2. The zero-order valence-electron chi connectivity index (χ0n) is 16.2. The fourth-order valence-electron chi connectivity index (χ4n) is 4.84. The summed E-state index contributed by atoms with van der Waals surface area (Å²) < 4.78 is 45.3. The van der Waals surface area contributed by atoms with Crippen LogP contribution in [-0.2, 0) is 30.4 Å². The molecule has 0 amide bonds. The molecule has 5 heteroatoms. The van der Waals surface area contributed by atoms with E-state index in [1.54, 1.807) is 0 Å². The molecule has 0 fully saturated rings. The SMILES string of the molecule is OC1Cc2cccc(C3c4ccccc4COC3c3ccc(C(F)(F)F)cc3)c2C1. The van der Waals surface area contributed by atoms with Crippen molar-refractivity contribution in [2.45, 2.75) is 43.8 Å². The van der Waals surface area contributed by atoms with Crippen molar-refractivity contribution in [3.05, 3.63) is 106 Å². The van der Waals surface area contributed by atoms with Crippen molar-refractivity contribution in [3.8, 4) is 0 Å². The van der Waals surface area contributed by atoms with Crippen LogP contribution in [0.3, 0.4) is 0 Å². The molecule has 1 N–H and O–H groups in total. The summed E-state index contributed by atoms with van der Waals surface area (Å²) in [5.74, 6) is -0.146. The third-order valence-electron chi connectivity index (χ3n) is 6.22. The molecular formula is C25H21F3O2. The van der Waals surface area contributed by atoms with E-state index in [9.17, 15) is 18.3 Å². The Morgan fingerprint density at radius 1 is 0.800 bits per heavy atom. The van der Waals surface area contributed by atoms with Gasteiger partial charge in [-0.15, -0.1) is 0 Å². The van der Waals surface area contributed by atoms with Crippen LogP contribution in [0.15, 0.2) is 66.7 Å². The summed E-state index contributed by atoms with van der Waals surface area (Å²) in [4.78, 5) is 0. The van der Waals surface area contributed by atoms with Crippen molar-refractivity contribution in [2.24, 2.45) is 0 Å². The van der Waals surface area contributed by atoms with Crippen LogP contribution in [0.2, 0.25) is 0 Å². The van der Waals surface area contributed by atoms with Gasteiger partial charge < -0.3 is 9.84 Å². The first-order valence-electron chi connectivity index (χ1n) is 10.1. The van der Waals surface area contributed by atoms with Crippen molar-refractivity contribution in [1.82, 2.24) is 0 Å². The smallest absolute Gasteiger partial charge is 0.392 e. The first kappa shape index (κ1) is 19.3. The largest absolute Gasteiger partial charge is 0.416 e. The molecule has 0 bridgehead atoms. The van der Waals surface area contributed by atoms with Crippen LogP contribution in [0, 0.1) is 0 Å². The van der Waals surface area contributed by atoms with Gasteiger partial charge in [0.1, 0.15) is 0 Å². The van der Waals surface area contributed by atoms with Gasteiger partial charge in [-0.05, 0) is 58.4 Å². The minimum atomic E-state index is -4.37. The number of benzene rings is 3. The standard InChI is InChI=1S/C25H21F3O2/c26-25(27,28)18-10-8-15(9-11-18)24-23(20-6-2-1-4-17(20)14-30-24)21-7-3-5-16-12-19(29)13-22(16)21/h1-11,19,23-24,29H,12-14H2. The highest BCUT2D eigenvalue weighted by Gasteiger charge is 2.37. The van der Waals surface area contributed by atoms with Gasteiger partial charge in [-0.3, -0.25) is 0 Å². The second kappa shape index (κ2) is 7.25. The lowest BCUT2D eigenvalue weighted by molar-refractivity contribution is -0.137. The lowest BCUT2D eigenvalue weighted by Crippen LogP contribution is -2.24. The van der Waals surface area contributed by atoms with Gasteiger partial charge in [0.15, 0.2) is 0 Å². The molecule has 5 rings (SSSR count). The van der Waals surface area contributed by atoms with Gasteiger partial charge in [0.05, 0.1) is 24.4 Å². The van der Waals surface area contributed by atoms with E-state index < -0.39 is 23.9 Å². The molecule has 1 aliphatic carbocycles. The van der Waals surface area contributed by atoms with Crippen molar-refractivity contribution < 1.29 is 23.0 Å². The molecule has 3 aromatic rings. The number of aliphatic hydroxyl groups excluding tert-OH is 1. The van der Waals surface area contributed by atoms with E-state index in [0.717, 1.165) is 45.5 Å². The Morgan fingerprint density at radius 3 is 2.27 bits per heavy atom. The summed E-state index contributed by atoms with van der Waals surface area (Å²) in [5.41, 5.74) is 5.62. The lowest BCUT2D eigenvalue weighted by atomic mass is 9.77. The number of fused-ring (bicyclic) bond motifs is 2. The Hall–Kier alpha value is -2.63. The van der Waals surface area contributed by atoms with Crippen molar-refractivity contribution in [2.75, 3.05) is 0 Å². The summed E-state index contributed by atoms with van der Waals surface area (Å²) in [5, 5.41) is 10.2. The van der Waals surface area contributed by atoms with Crippen molar-refractivity contribution in [1.29, 1.82) is 0 Å². The fraction of sp³-hybridized carbons (Fsp3) is 0.280. The summed E-state index contributed by atoms with van der Waals surface area (Å²) in [6.07, 6.45) is -3.95. The molecule has 0 spiro atoms. The maximum atomic E-state index is 13.0. The predicted molar refractivity (Wildman–Crippen MR) is 107 cm³/mol. The van der Waals surface area contributed by atoms with Gasteiger partial charge in [-0.2, -0.15) is 13.2 Å². The minimum absolute atomic E-state index is 0.146. The Morgan fingerprint density at radius 2 is 1.50 bits per heavy atom. The molecule has 2 aliphatic rings. The fourth-order valence-corrected chi connectivity index (χ4v) is 4.84. The maximum Gasteiger partial charge on any atom is 0.416 e. The molecule has 30 heavy (non-hydrogen) atoms. The number of aliphatic hydroxyl groups is 1. The van der Waals surface area contributed by atoms with Crippen LogP contribution in [0.25, 0.3) is 0 Å². The Balaban J connectivity index is 1.63. The molecular weight excluding hydrogens is 389 g/mol. The molecule has 2 nitrogen and oxygen atoms in total. The molecule has 0 radical (unpaired) electrons. The van der Waals surface area contributed by atoms with E-state index in [1.807, 2.05) is 30.3 Å². The van der Waals surface area contributed by atoms with E-state index >= 15 is 0 Å². The van der Waals surface area contributed by atoms with E-state index in [4.69, 9.17) is 4.74 Å². The van der Waals surface area contributed by atoms with Gasteiger partial charge in [0.25, 0.3) is 0 Å². The predicted octanol–water partition coefficient (Wildman–Crippen LogP) is 5.57. The van der Waals surface area contributed by atoms with Gasteiger partial charge in [0, 0.05) is 5.92 Å². The van der Waals surface area contributed by atoms with Crippen molar-refractivity contribution in [3.63, 3.8) is 0 Å². The highest BCUT2D eigenvalue weighted by molar-refractivity contribution is 5.50. The molecule has 1 aliphatic heterocycles. The number of hydrogen-bond donors (Lipinski definition) is 1. The van der Waals surface area contributed by atoms with Crippen LogP contribution in [0.1, 0.15) is 51.0 Å². The van der Waals surface area contributed by atoms with Gasteiger partial charge in [-0.25, -0.2) is 0 Å². The van der Waals surface area contributed by atoms with E-state index in [-0.39, 0.29) is 5.92 Å². The number of alkyl halides is 3. The molecule has 0 aromatic heterocycles. The zero-order chi connectivity index (χ0) is 20.9. The average Bonchev–Trinajstić information content (AvgIpc) is 3.13. The first-order valence-corrected chi connectivity index (χ1v) is 10.1. The van der Waals surface area contributed by atoms with Gasteiger partial charge in [0.2, 0.25) is 0 Å². The van der Waals surface area contributed by atoms with Gasteiger partial charge >= 0.3 is 6.18 Å². The van der Waals surface area contributed by atoms with Crippen LogP contribution >= 0.6 is 0 Å². The van der Waals surface area contributed by atoms with Crippen LogP contribution in [0.5, 0.6) is 0 Å². The van der Waals surface area contributed by atoms with E-state index in [2.05, 4.69) is 12.1 Å². The summed E-state index contributed by atoms with van der Waals surface area (Å²) in [6.45, 7) is 0.413. The van der Waals surface area contributed by atoms with Crippen LogP contribution in [-0.4, -0.2) is 11.2 Å². The highest BCUT2D eigenvalue weighted by Crippen LogP contribution is 2.47. The third-order valence-corrected chi connectivity index (χ3v) is 6.22. The van der Waals surface area contributed by atoms with Crippen molar-refractivity contribution >= 4 is 0 Å². The van der Waals surface area contributed by atoms with Crippen LogP contribution < -0.4 is 0 Å². The highest BCUT2D eigenvalue weighted by atomic mass is 19.4. The molecule has 0 saturated carbocycles. The van der Waals surface area contributed by atoms with E-state index in [0.29, 0.717) is 19.4 Å². The maximum absolute atomic E-state index is 13.0. The van der Waals surface area contributed by atoms with Gasteiger partial charge in [-0.1, -0.05) is 54.6 Å². The normalized spacial score (nSPS) is 23.1. The molecule has 1 heterocycles. The van der Waals surface area contributed by atoms with Crippen LogP contribution in [0.4, 0.5) is 13.2 Å². The monoisotopic (exact) mass is 410 g/mol. The second-order valence-corrected chi connectivity index (χ2v) is 8.07. The van der Waals surface area contributed by atoms with E-state index in [1.165, 1.54) is 12.1 Å². The summed E-state index contributed by atoms with van der Waals surface area (Å²) >= 11 is 0. The summed E-state index contributed by atoms with van der Waals surface area (Å²) in [6, 6.07) is 19.4. The number of rotatable bonds is 2. The number of halogens is 3. The summed E-state index contributed by atoms with van der Waals surface area (Å²) in [7, 11) is 0. The molecule has 0 saturated heterocycles. The molecule has 3 unspecified atom stereocenters. The Bertz CT molecular complexity index is 1070. The quantitative estimate of drug-likeness (QED) is 0.599. The third kappa shape index (κ3) is 3.32.